The summed E-state index contributed by atoms with van der Waals surface area (Å²) < 4.78 is 29.0. The van der Waals surface area contributed by atoms with Crippen molar-refractivity contribution in [2.75, 3.05) is 11.1 Å². The lowest BCUT2D eigenvalue weighted by molar-refractivity contribution is 0.424. The van der Waals surface area contributed by atoms with Gasteiger partial charge in [0.05, 0.1) is 22.1 Å². The first-order valence-electron chi connectivity index (χ1n) is 7.01. The van der Waals surface area contributed by atoms with E-state index in [4.69, 9.17) is 4.52 Å². The van der Waals surface area contributed by atoms with Gasteiger partial charge >= 0.3 is 0 Å². The maximum Gasteiger partial charge on any atom is 0.268 e. The minimum absolute atomic E-state index is 0.0749. The van der Waals surface area contributed by atoms with Gasteiger partial charge < -0.3 is 9.84 Å². The molecule has 3 rings (SSSR count). The molecule has 0 aliphatic carbocycles. The third-order valence-corrected chi connectivity index (χ3v) is 5.81. The molecule has 2 heterocycles. The molecule has 8 heteroatoms. The zero-order valence-corrected chi connectivity index (χ0v) is 14.0. The highest BCUT2D eigenvalue weighted by Crippen LogP contribution is 2.23. The van der Waals surface area contributed by atoms with Crippen LogP contribution in [0.4, 0.5) is 5.69 Å². The molecule has 0 saturated heterocycles. The summed E-state index contributed by atoms with van der Waals surface area (Å²) in [4.78, 5) is 5.53. The van der Waals surface area contributed by atoms with Gasteiger partial charge in [-0.25, -0.2) is 8.42 Å². The summed E-state index contributed by atoms with van der Waals surface area (Å²) in [6, 6.07) is 10.5. The van der Waals surface area contributed by atoms with Crippen molar-refractivity contribution in [1.82, 2.24) is 10.1 Å². The second-order valence-electron chi connectivity index (χ2n) is 4.78. The first-order chi connectivity index (χ1) is 11.1. The summed E-state index contributed by atoms with van der Waals surface area (Å²) in [5.41, 5.74) is 0.696. The molecule has 0 aliphatic rings. The van der Waals surface area contributed by atoms with E-state index in [1.807, 2.05) is 17.5 Å². The average Bonchev–Trinajstić information content (AvgIpc) is 3.24. The van der Waals surface area contributed by atoms with Crippen LogP contribution in [0.15, 0.2) is 51.2 Å². The molecule has 0 spiro atoms. The summed E-state index contributed by atoms with van der Waals surface area (Å²) >= 11 is 1.53. The fourth-order valence-electron chi connectivity index (χ4n) is 1.97. The summed E-state index contributed by atoms with van der Waals surface area (Å²) in [6.45, 7) is 1.98. The fraction of sp³-hybridized carbons (Fsp3) is 0.200. The number of anilines is 1. The Balaban J connectivity index is 1.71. The highest BCUT2D eigenvalue weighted by Gasteiger charge is 2.12. The molecule has 120 valence electrons. The van der Waals surface area contributed by atoms with E-state index >= 15 is 0 Å². The van der Waals surface area contributed by atoms with Crippen molar-refractivity contribution < 1.29 is 12.9 Å². The average molecular weight is 349 g/mol. The third kappa shape index (κ3) is 3.59. The van der Waals surface area contributed by atoms with Crippen molar-refractivity contribution >= 4 is 26.9 Å². The molecule has 0 saturated carbocycles. The van der Waals surface area contributed by atoms with Crippen molar-refractivity contribution in [2.45, 2.75) is 18.4 Å². The minimum Gasteiger partial charge on any atom is -0.378 e. The van der Waals surface area contributed by atoms with E-state index in [0.717, 1.165) is 4.88 Å². The molecule has 0 bridgehead atoms. The molecule has 0 amide bonds. The van der Waals surface area contributed by atoms with E-state index in [1.54, 1.807) is 31.2 Å². The zero-order valence-electron chi connectivity index (χ0n) is 12.4. The molecule has 0 fully saturated rings. The number of nitrogens with one attached hydrogen (secondary N) is 1. The minimum atomic E-state index is -3.22. The summed E-state index contributed by atoms with van der Waals surface area (Å²) in [7, 11) is -3.22. The van der Waals surface area contributed by atoms with E-state index in [9.17, 15) is 8.42 Å². The van der Waals surface area contributed by atoms with Crippen molar-refractivity contribution in [2.24, 2.45) is 0 Å². The lowest BCUT2D eigenvalue weighted by Crippen LogP contribution is -2.05. The summed E-state index contributed by atoms with van der Waals surface area (Å²) in [5.74, 6) is 1.07. The van der Waals surface area contributed by atoms with Gasteiger partial charge in [-0.2, -0.15) is 4.98 Å². The lowest BCUT2D eigenvalue weighted by atomic mass is 10.3. The van der Waals surface area contributed by atoms with E-state index in [-0.39, 0.29) is 5.75 Å². The van der Waals surface area contributed by atoms with Crippen LogP contribution in [0.2, 0.25) is 0 Å². The van der Waals surface area contributed by atoms with Crippen molar-refractivity contribution in [3.8, 4) is 10.8 Å². The highest BCUT2D eigenvalue weighted by atomic mass is 32.2. The normalized spacial score (nSPS) is 11.5. The SMILES string of the molecule is CCS(=O)(=O)c1cccc(NCc2noc(-c3cccs3)n2)c1. The monoisotopic (exact) mass is 349 g/mol. The van der Waals surface area contributed by atoms with Gasteiger partial charge in [0.2, 0.25) is 0 Å². The summed E-state index contributed by atoms with van der Waals surface area (Å²) in [5, 5.41) is 8.97. The molecule has 23 heavy (non-hydrogen) atoms. The van der Waals surface area contributed by atoms with Gasteiger partial charge in [0.25, 0.3) is 5.89 Å². The van der Waals surface area contributed by atoms with Crippen LogP contribution in [0.5, 0.6) is 0 Å². The quantitative estimate of drug-likeness (QED) is 0.735. The van der Waals surface area contributed by atoms with Gasteiger partial charge in [-0.05, 0) is 29.6 Å². The number of rotatable bonds is 6. The van der Waals surface area contributed by atoms with Crippen LogP contribution < -0.4 is 5.32 Å². The largest absolute Gasteiger partial charge is 0.378 e. The van der Waals surface area contributed by atoms with Crippen LogP contribution in [0, 0.1) is 0 Å². The Morgan fingerprint density at radius 2 is 2.13 bits per heavy atom. The Morgan fingerprint density at radius 3 is 2.87 bits per heavy atom. The highest BCUT2D eigenvalue weighted by molar-refractivity contribution is 7.91. The first-order valence-corrected chi connectivity index (χ1v) is 9.55. The van der Waals surface area contributed by atoms with Gasteiger partial charge in [-0.1, -0.05) is 24.2 Å². The van der Waals surface area contributed by atoms with E-state index in [1.165, 1.54) is 11.3 Å². The van der Waals surface area contributed by atoms with Crippen molar-refractivity contribution in [3.05, 3.63) is 47.6 Å². The molecular formula is C15H15N3O3S2. The topological polar surface area (TPSA) is 85.1 Å². The fourth-order valence-corrected chi connectivity index (χ4v) is 3.54. The molecular weight excluding hydrogens is 334 g/mol. The Labute approximate surface area is 138 Å². The second kappa shape index (κ2) is 6.51. The Bertz CT molecular complexity index is 886. The lowest BCUT2D eigenvalue weighted by Gasteiger charge is -2.06. The number of nitrogens with zero attached hydrogens (tertiary/aromatic N) is 2. The van der Waals surface area contributed by atoms with Crippen LogP contribution in [0.3, 0.4) is 0 Å². The number of aromatic nitrogens is 2. The molecule has 3 aromatic rings. The molecule has 0 radical (unpaired) electrons. The van der Waals surface area contributed by atoms with E-state index in [0.29, 0.717) is 28.8 Å². The number of hydrogen-bond donors (Lipinski definition) is 1. The number of thiophene rings is 1. The van der Waals surface area contributed by atoms with Crippen LogP contribution >= 0.6 is 11.3 Å². The van der Waals surface area contributed by atoms with Gasteiger partial charge in [-0.15, -0.1) is 11.3 Å². The molecule has 6 nitrogen and oxygen atoms in total. The smallest absolute Gasteiger partial charge is 0.268 e. The number of sulfone groups is 1. The first kappa shape index (κ1) is 15.7. The Morgan fingerprint density at radius 1 is 1.26 bits per heavy atom. The summed E-state index contributed by atoms with van der Waals surface area (Å²) in [6.07, 6.45) is 0. The van der Waals surface area contributed by atoms with Gasteiger partial charge in [0.1, 0.15) is 0 Å². The van der Waals surface area contributed by atoms with Crippen LogP contribution in [0.25, 0.3) is 10.8 Å². The van der Waals surface area contributed by atoms with Gasteiger partial charge in [0, 0.05) is 5.69 Å². The molecule has 0 atom stereocenters. The van der Waals surface area contributed by atoms with Gasteiger partial charge in [0.15, 0.2) is 15.7 Å². The van der Waals surface area contributed by atoms with Crippen LogP contribution in [-0.4, -0.2) is 24.3 Å². The molecule has 0 unspecified atom stereocenters. The van der Waals surface area contributed by atoms with Crippen LogP contribution in [-0.2, 0) is 16.4 Å². The maximum atomic E-state index is 11.9. The Hall–Kier alpha value is -2.19. The van der Waals surface area contributed by atoms with E-state index < -0.39 is 9.84 Å². The zero-order chi connectivity index (χ0) is 16.3. The van der Waals surface area contributed by atoms with Gasteiger partial charge in [-0.3, -0.25) is 0 Å². The van der Waals surface area contributed by atoms with Crippen molar-refractivity contribution in [3.63, 3.8) is 0 Å². The number of benzene rings is 1. The van der Waals surface area contributed by atoms with Crippen LogP contribution in [0.1, 0.15) is 12.7 Å². The predicted octanol–water partition coefficient (Wildman–Crippen LogP) is 3.20. The number of hydrogen-bond acceptors (Lipinski definition) is 7. The standard InChI is InChI=1S/C15H15N3O3S2/c1-2-23(19,20)12-6-3-5-11(9-12)16-10-14-17-15(21-18-14)13-7-4-8-22-13/h3-9,16H,2,10H2,1H3. The predicted molar refractivity (Wildman–Crippen MR) is 89.1 cm³/mol. The third-order valence-electron chi connectivity index (χ3n) is 3.22. The molecule has 2 aromatic heterocycles. The van der Waals surface area contributed by atoms with E-state index in [2.05, 4.69) is 15.5 Å². The molecule has 1 N–H and O–H groups in total. The maximum absolute atomic E-state index is 11.9. The van der Waals surface area contributed by atoms with Crippen molar-refractivity contribution in [1.29, 1.82) is 0 Å². The molecule has 0 aliphatic heterocycles. The molecule has 1 aromatic carbocycles. The second-order valence-corrected chi connectivity index (χ2v) is 8.00. The Kier molecular flexibility index (Phi) is 4.44.